The molecule has 0 radical (unpaired) electrons. The lowest BCUT2D eigenvalue weighted by Crippen LogP contribution is -2.39. The number of rotatable bonds is 4. The van der Waals surface area contributed by atoms with Gasteiger partial charge in [0.25, 0.3) is 0 Å². The van der Waals surface area contributed by atoms with Crippen LogP contribution in [0.4, 0.5) is 5.69 Å². The van der Waals surface area contributed by atoms with Gasteiger partial charge in [-0.2, -0.15) is 0 Å². The number of nitrogens with zero attached hydrogens (tertiary/aromatic N) is 3. The second kappa shape index (κ2) is 5.73. The van der Waals surface area contributed by atoms with E-state index in [1.807, 2.05) is 18.2 Å². The molecular weight excluding hydrogens is 254 g/mol. The van der Waals surface area contributed by atoms with Crippen LogP contribution in [-0.4, -0.2) is 34.0 Å². The van der Waals surface area contributed by atoms with Crippen LogP contribution in [0.15, 0.2) is 36.7 Å². The van der Waals surface area contributed by atoms with E-state index in [4.69, 9.17) is 0 Å². The largest absolute Gasteiger partial charge is 0.384 e. The molecule has 2 heterocycles. The molecule has 1 aliphatic heterocycles. The maximum atomic E-state index is 12.1. The minimum atomic E-state index is -0.0133. The fourth-order valence-electron chi connectivity index (χ4n) is 2.42. The fraction of sp³-hybridized carbons (Fsp3) is 0.357. The Morgan fingerprint density at radius 2 is 2.35 bits per heavy atom. The van der Waals surface area contributed by atoms with Crippen molar-refractivity contribution in [3.8, 4) is 0 Å². The van der Waals surface area contributed by atoms with E-state index < -0.39 is 0 Å². The van der Waals surface area contributed by atoms with Crippen molar-refractivity contribution in [1.29, 1.82) is 0 Å². The van der Waals surface area contributed by atoms with Gasteiger partial charge in [-0.25, -0.2) is 0 Å². The first-order valence-corrected chi connectivity index (χ1v) is 6.76. The summed E-state index contributed by atoms with van der Waals surface area (Å²) in [6.07, 6.45) is 4.20. The molecule has 104 valence electrons. The number of aromatic nitrogens is 3. The zero-order chi connectivity index (χ0) is 13.8. The van der Waals surface area contributed by atoms with Crippen molar-refractivity contribution in [3.63, 3.8) is 0 Å². The van der Waals surface area contributed by atoms with Crippen molar-refractivity contribution < 1.29 is 4.79 Å². The Labute approximate surface area is 117 Å². The Balaban J connectivity index is 1.51. The highest BCUT2D eigenvalue weighted by Gasteiger charge is 2.23. The number of carbonyl (C=O) groups is 1. The van der Waals surface area contributed by atoms with Crippen molar-refractivity contribution in [2.75, 3.05) is 18.4 Å². The topological polar surface area (TPSA) is 71.8 Å². The molecule has 20 heavy (non-hydrogen) atoms. The SMILES string of the molecule is O=C(NCCn1ccnn1)C1CNc2ccccc2C1. The lowest BCUT2D eigenvalue weighted by Gasteiger charge is -2.25. The quantitative estimate of drug-likeness (QED) is 0.857. The summed E-state index contributed by atoms with van der Waals surface area (Å²) in [4.78, 5) is 12.1. The van der Waals surface area contributed by atoms with Gasteiger partial charge in [-0.05, 0) is 18.1 Å². The fourth-order valence-corrected chi connectivity index (χ4v) is 2.42. The van der Waals surface area contributed by atoms with Crippen molar-refractivity contribution in [2.24, 2.45) is 5.92 Å². The van der Waals surface area contributed by atoms with Crippen LogP contribution in [0.3, 0.4) is 0 Å². The van der Waals surface area contributed by atoms with Gasteiger partial charge >= 0.3 is 0 Å². The van der Waals surface area contributed by atoms with Gasteiger partial charge in [0.2, 0.25) is 5.91 Å². The number of hydrogen-bond acceptors (Lipinski definition) is 4. The summed E-state index contributed by atoms with van der Waals surface area (Å²) in [7, 11) is 0. The second-order valence-corrected chi connectivity index (χ2v) is 4.90. The van der Waals surface area contributed by atoms with Gasteiger partial charge in [-0.15, -0.1) is 5.10 Å². The molecule has 1 aromatic carbocycles. The summed E-state index contributed by atoms with van der Waals surface area (Å²) in [5.74, 6) is 0.0766. The monoisotopic (exact) mass is 271 g/mol. The number of fused-ring (bicyclic) bond motifs is 1. The number of anilines is 1. The molecule has 0 spiro atoms. The van der Waals surface area contributed by atoms with Gasteiger partial charge in [-0.3, -0.25) is 9.48 Å². The molecule has 0 aliphatic carbocycles. The number of nitrogens with one attached hydrogen (secondary N) is 2. The Morgan fingerprint density at radius 1 is 1.45 bits per heavy atom. The highest BCUT2D eigenvalue weighted by Crippen LogP contribution is 2.24. The Hall–Kier alpha value is -2.37. The van der Waals surface area contributed by atoms with Gasteiger partial charge in [0.1, 0.15) is 0 Å². The number of para-hydroxylation sites is 1. The summed E-state index contributed by atoms with van der Waals surface area (Å²) >= 11 is 0. The molecule has 0 saturated carbocycles. The third-order valence-electron chi connectivity index (χ3n) is 3.51. The first-order chi connectivity index (χ1) is 9.83. The van der Waals surface area contributed by atoms with Gasteiger partial charge in [0.05, 0.1) is 18.7 Å². The van der Waals surface area contributed by atoms with E-state index in [1.54, 1.807) is 17.1 Å². The van der Waals surface area contributed by atoms with Gasteiger partial charge in [0.15, 0.2) is 0 Å². The van der Waals surface area contributed by atoms with Crippen LogP contribution in [-0.2, 0) is 17.8 Å². The Kier molecular flexibility index (Phi) is 3.62. The molecule has 1 aromatic heterocycles. The lowest BCUT2D eigenvalue weighted by molar-refractivity contribution is -0.124. The van der Waals surface area contributed by atoms with E-state index in [9.17, 15) is 4.79 Å². The minimum absolute atomic E-state index is 0.0133. The molecule has 1 atom stereocenters. The zero-order valence-electron chi connectivity index (χ0n) is 11.1. The molecule has 2 N–H and O–H groups in total. The molecule has 0 fully saturated rings. The Morgan fingerprint density at radius 3 is 3.20 bits per heavy atom. The van der Waals surface area contributed by atoms with Gasteiger partial charge < -0.3 is 10.6 Å². The number of hydrogen-bond donors (Lipinski definition) is 2. The van der Waals surface area contributed by atoms with E-state index in [2.05, 4.69) is 27.0 Å². The predicted octanol–water partition coefficient (Wildman–Crippen LogP) is 0.679. The molecule has 1 amide bonds. The van der Waals surface area contributed by atoms with Crippen LogP contribution >= 0.6 is 0 Å². The van der Waals surface area contributed by atoms with Crippen LogP contribution < -0.4 is 10.6 Å². The Bertz CT molecular complexity index is 581. The third-order valence-corrected chi connectivity index (χ3v) is 3.51. The minimum Gasteiger partial charge on any atom is -0.384 e. The molecule has 1 unspecified atom stereocenters. The van der Waals surface area contributed by atoms with Crippen LogP contribution in [0, 0.1) is 5.92 Å². The predicted molar refractivity (Wildman–Crippen MR) is 75.2 cm³/mol. The highest BCUT2D eigenvalue weighted by molar-refractivity contribution is 5.80. The standard InChI is InChI=1S/C14H17N5O/c20-14(15-5-7-19-8-6-17-18-19)12-9-11-3-1-2-4-13(11)16-10-12/h1-4,6,8,12,16H,5,7,9-10H2,(H,15,20). The van der Waals surface area contributed by atoms with E-state index >= 15 is 0 Å². The highest BCUT2D eigenvalue weighted by atomic mass is 16.1. The van der Waals surface area contributed by atoms with Crippen LogP contribution in [0.5, 0.6) is 0 Å². The maximum Gasteiger partial charge on any atom is 0.225 e. The van der Waals surface area contributed by atoms with E-state index in [0.717, 1.165) is 12.1 Å². The van der Waals surface area contributed by atoms with E-state index in [-0.39, 0.29) is 11.8 Å². The van der Waals surface area contributed by atoms with Gasteiger partial charge in [-0.1, -0.05) is 23.4 Å². The molecule has 0 saturated heterocycles. The number of amides is 1. The molecule has 3 rings (SSSR count). The zero-order valence-corrected chi connectivity index (χ0v) is 11.1. The average molecular weight is 271 g/mol. The van der Waals surface area contributed by atoms with Crippen molar-refractivity contribution in [3.05, 3.63) is 42.2 Å². The second-order valence-electron chi connectivity index (χ2n) is 4.90. The molecule has 6 heteroatoms. The molecule has 1 aliphatic rings. The van der Waals surface area contributed by atoms with Crippen molar-refractivity contribution in [1.82, 2.24) is 20.3 Å². The van der Waals surface area contributed by atoms with E-state index in [0.29, 0.717) is 19.6 Å². The van der Waals surface area contributed by atoms with E-state index in [1.165, 1.54) is 5.56 Å². The number of carbonyl (C=O) groups excluding carboxylic acids is 1. The first kappa shape index (κ1) is 12.7. The summed E-state index contributed by atoms with van der Waals surface area (Å²) in [6.45, 7) is 1.90. The molecule has 0 bridgehead atoms. The van der Waals surface area contributed by atoms with Crippen molar-refractivity contribution >= 4 is 11.6 Å². The first-order valence-electron chi connectivity index (χ1n) is 6.76. The summed E-state index contributed by atoms with van der Waals surface area (Å²) < 4.78 is 1.70. The molecular formula is C14H17N5O. The smallest absolute Gasteiger partial charge is 0.225 e. The lowest BCUT2D eigenvalue weighted by atomic mass is 9.93. The van der Waals surface area contributed by atoms with Crippen LogP contribution in [0.25, 0.3) is 0 Å². The van der Waals surface area contributed by atoms with Crippen LogP contribution in [0.1, 0.15) is 5.56 Å². The van der Waals surface area contributed by atoms with Crippen LogP contribution in [0.2, 0.25) is 0 Å². The summed E-state index contributed by atoms with van der Waals surface area (Å²) in [6, 6.07) is 8.13. The normalized spacial score (nSPS) is 17.1. The number of benzene rings is 1. The molecule has 2 aromatic rings. The third kappa shape index (κ3) is 2.79. The maximum absolute atomic E-state index is 12.1. The van der Waals surface area contributed by atoms with Gasteiger partial charge in [0, 0.05) is 25.0 Å². The average Bonchev–Trinajstić information content (AvgIpc) is 3.00. The summed E-state index contributed by atoms with van der Waals surface area (Å²) in [5, 5.41) is 13.8. The summed E-state index contributed by atoms with van der Waals surface area (Å²) in [5.41, 5.74) is 2.34. The van der Waals surface area contributed by atoms with Crippen molar-refractivity contribution in [2.45, 2.75) is 13.0 Å². The molecule has 6 nitrogen and oxygen atoms in total.